The highest BCUT2D eigenvalue weighted by molar-refractivity contribution is 5.91. The second-order valence-electron chi connectivity index (χ2n) is 23.0. The third kappa shape index (κ3) is 16.0. The SMILES string of the molecule is COC(=O)[C@H](C)NC(=O)C[C@@H](NC(=O)[C@H](C)NC(=O)C[C@@H](NC(=O)[C@H](C)NC(=O)C[C@@H](NC(=O)[C@H](C)NC(=O)OC(C)(C)C)[C@H]1O[C@@H]2OC(C)(C)O[C@@H]2[C@@H]1OC)[C@H]1O[C@@H]2OC(C)(C)O[C@@H]2[C@@H]1OC)[C@H]1O[C@@H]2OC(C)(C)O[C@@H]2[C@@H]1OC. The summed E-state index contributed by atoms with van der Waals surface area (Å²) < 4.78 is 82.1. The zero-order valence-electron chi connectivity index (χ0n) is 48.6. The Morgan fingerprint density at radius 3 is 1.00 bits per heavy atom. The van der Waals surface area contributed by atoms with Gasteiger partial charge in [0.05, 0.1) is 25.2 Å². The minimum atomic E-state index is -1.30. The summed E-state index contributed by atoms with van der Waals surface area (Å²) in [6.07, 6.45) is -13.2. The zero-order chi connectivity index (χ0) is 59.6. The number of hydrogen-bond donors (Lipinski definition) is 7. The molecule has 6 heterocycles. The summed E-state index contributed by atoms with van der Waals surface area (Å²) in [5.41, 5.74) is -0.856. The molecule has 80 heavy (non-hydrogen) atoms. The second-order valence-corrected chi connectivity index (χ2v) is 23.0. The van der Waals surface area contributed by atoms with Gasteiger partial charge in [-0.1, -0.05) is 0 Å². The molecule has 0 unspecified atom stereocenters. The first kappa shape index (κ1) is 64.3. The van der Waals surface area contributed by atoms with Crippen LogP contribution in [0, 0.1) is 0 Å². The molecule has 6 fully saturated rings. The Balaban J connectivity index is 1.16. The fourth-order valence-electron chi connectivity index (χ4n) is 10.4. The van der Waals surface area contributed by atoms with Crippen molar-refractivity contribution in [2.24, 2.45) is 0 Å². The molecule has 6 rings (SSSR count). The van der Waals surface area contributed by atoms with Crippen LogP contribution in [0.25, 0.3) is 0 Å². The second kappa shape index (κ2) is 25.7. The topological polar surface area (TPSA) is 350 Å². The lowest BCUT2D eigenvalue weighted by Gasteiger charge is -2.32. The van der Waals surface area contributed by atoms with Crippen LogP contribution in [0.3, 0.4) is 0 Å². The highest BCUT2D eigenvalue weighted by atomic mass is 16.9. The van der Waals surface area contributed by atoms with Crippen molar-refractivity contribution in [3.63, 3.8) is 0 Å². The number of carbonyl (C=O) groups excluding carboxylic acids is 8. The summed E-state index contributed by atoms with van der Waals surface area (Å²) in [5.74, 6) is -8.20. The molecule has 7 amide bonds. The van der Waals surface area contributed by atoms with Gasteiger partial charge in [0.2, 0.25) is 35.4 Å². The maximum absolute atomic E-state index is 14.2. The van der Waals surface area contributed by atoms with Gasteiger partial charge < -0.3 is 104 Å². The van der Waals surface area contributed by atoms with Crippen molar-refractivity contribution < 1.29 is 105 Å². The molecule has 19 atom stereocenters. The summed E-state index contributed by atoms with van der Waals surface area (Å²) in [5, 5.41) is 18.7. The van der Waals surface area contributed by atoms with Gasteiger partial charge in [-0.15, -0.1) is 0 Å². The van der Waals surface area contributed by atoms with Crippen molar-refractivity contribution in [2.45, 2.75) is 248 Å². The van der Waals surface area contributed by atoms with Crippen molar-refractivity contribution in [3.05, 3.63) is 0 Å². The molecule has 0 radical (unpaired) electrons. The molecule has 6 saturated heterocycles. The Labute approximate surface area is 465 Å². The van der Waals surface area contributed by atoms with E-state index in [1.54, 1.807) is 62.3 Å². The molecule has 0 aliphatic carbocycles. The van der Waals surface area contributed by atoms with Gasteiger partial charge in [-0.05, 0) is 90.0 Å². The van der Waals surface area contributed by atoms with Crippen LogP contribution in [-0.4, -0.2) is 215 Å². The molecule has 29 nitrogen and oxygen atoms in total. The van der Waals surface area contributed by atoms with Crippen LogP contribution in [0.2, 0.25) is 0 Å². The molecule has 0 aromatic carbocycles. The van der Waals surface area contributed by atoms with Gasteiger partial charge in [0.25, 0.3) is 0 Å². The number of carbonyl (C=O) groups is 8. The van der Waals surface area contributed by atoms with Crippen molar-refractivity contribution in [3.8, 4) is 0 Å². The predicted octanol–water partition coefficient (Wildman–Crippen LogP) is -1.11. The van der Waals surface area contributed by atoms with Crippen molar-refractivity contribution >= 4 is 47.5 Å². The predicted molar refractivity (Wildman–Crippen MR) is 272 cm³/mol. The van der Waals surface area contributed by atoms with Crippen LogP contribution in [0.15, 0.2) is 0 Å². The summed E-state index contributed by atoms with van der Waals surface area (Å²) in [6.45, 7) is 20.8. The van der Waals surface area contributed by atoms with E-state index >= 15 is 0 Å². The summed E-state index contributed by atoms with van der Waals surface area (Å²) >= 11 is 0. The lowest BCUT2D eigenvalue weighted by Crippen LogP contribution is -2.58. The van der Waals surface area contributed by atoms with Crippen LogP contribution in [0.4, 0.5) is 4.79 Å². The van der Waals surface area contributed by atoms with E-state index in [0.29, 0.717) is 0 Å². The number of ether oxygens (including phenoxy) is 14. The Kier molecular flexibility index (Phi) is 20.6. The summed E-state index contributed by atoms with van der Waals surface area (Å²) in [6, 6.07) is -8.27. The Hall–Kier alpha value is -4.92. The van der Waals surface area contributed by atoms with Crippen molar-refractivity contribution in [1.29, 1.82) is 0 Å². The lowest BCUT2D eigenvalue weighted by molar-refractivity contribution is -0.220. The standard InChI is InChI=1S/C51H83N7O22/c1-21(53-29(60)19-26(58-42(64)23(3)55-47(66)80-48(5,6)7)32-35(68-15)38-45(72-32)78-50(10,11)75-38)40(62)56-25(31-34(67-14)37-44(71-31)77-49(8,9)74-37)18-28(59)52-22(2)41(63)57-27(20-30(61)54-24(4)43(65)70-17)33-36(69-16)39-46(73-33)79-51(12,13)76-39/h21-27,31-39,44-46H,18-20H2,1-17H3,(H,52,59)(H,53,60)(H,54,61)(H,55,66)(H,56,62)(H,57,63)(H,58,64)/t21-,22-,23-,24-,25+,26+,27+,31+,32+,33+,34+,35+,36+,37+,38+,39+,44+,45+,46+/m0/s1. The molecular formula is C51H83N7O22. The van der Waals surface area contributed by atoms with Gasteiger partial charge in [0.1, 0.15) is 84.7 Å². The summed E-state index contributed by atoms with van der Waals surface area (Å²) in [7, 11) is 5.39. The normalized spacial score (nSPS) is 32.3. The molecule has 6 aliphatic rings. The number of amides is 7. The molecule has 0 spiro atoms. The van der Waals surface area contributed by atoms with E-state index in [9.17, 15) is 38.4 Å². The summed E-state index contributed by atoms with van der Waals surface area (Å²) in [4.78, 5) is 108. The number of methoxy groups -OCH3 is 4. The van der Waals surface area contributed by atoms with E-state index in [2.05, 4.69) is 37.2 Å². The molecular weight excluding hydrogens is 1060 g/mol. The molecule has 0 aromatic rings. The van der Waals surface area contributed by atoms with Crippen LogP contribution < -0.4 is 37.2 Å². The average molecular weight is 1150 g/mol. The largest absolute Gasteiger partial charge is 0.467 e. The molecule has 6 aliphatic heterocycles. The van der Waals surface area contributed by atoms with Gasteiger partial charge >= 0.3 is 12.1 Å². The maximum Gasteiger partial charge on any atom is 0.408 e. The average Bonchev–Trinajstić information content (AvgIpc) is 4.15. The quantitative estimate of drug-likeness (QED) is 0.0596. The van der Waals surface area contributed by atoms with Gasteiger partial charge in [0.15, 0.2) is 36.2 Å². The van der Waals surface area contributed by atoms with E-state index < -0.39 is 206 Å². The zero-order valence-corrected chi connectivity index (χ0v) is 48.6. The van der Waals surface area contributed by atoms with Gasteiger partial charge in [-0.3, -0.25) is 28.8 Å². The maximum atomic E-state index is 14.2. The van der Waals surface area contributed by atoms with Crippen LogP contribution in [0.1, 0.15) is 109 Å². The fraction of sp³-hybridized carbons (Fsp3) is 0.843. The lowest BCUT2D eigenvalue weighted by atomic mass is 9.98. The Morgan fingerprint density at radius 2 is 0.725 bits per heavy atom. The minimum Gasteiger partial charge on any atom is -0.467 e. The third-order valence-electron chi connectivity index (χ3n) is 13.9. The Bertz CT molecular complexity index is 2270. The van der Waals surface area contributed by atoms with Crippen molar-refractivity contribution in [1.82, 2.24) is 37.2 Å². The number of hydrogen-bond acceptors (Lipinski definition) is 22. The number of nitrogens with one attached hydrogen (secondary N) is 7. The van der Waals surface area contributed by atoms with Crippen molar-refractivity contribution in [2.75, 3.05) is 28.4 Å². The monoisotopic (exact) mass is 1150 g/mol. The van der Waals surface area contributed by atoms with Gasteiger partial charge in [0, 0.05) is 40.6 Å². The van der Waals surface area contributed by atoms with E-state index in [-0.39, 0.29) is 0 Å². The van der Waals surface area contributed by atoms with E-state index in [4.69, 9.17) is 66.3 Å². The Morgan fingerprint density at radius 1 is 0.438 bits per heavy atom. The van der Waals surface area contributed by atoms with Gasteiger partial charge in [-0.2, -0.15) is 0 Å². The van der Waals surface area contributed by atoms with E-state index in [1.807, 2.05) is 0 Å². The van der Waals surface area contributed by atoms with Gasteiger partial charge in [-0.25, -0.2) is 9.59 Å². The molecule has 7 N–H and O–H groups in total. The van der Waals surface area contributed by atoms with Crippen LogP contribution in [0.5, 0.6) is 0 Å². The first-order chi connectivity index (χ1) is 37.2. The third-order valence-corrected chi connectivity index (χ3v) is 13.9. The molecule has 0 aromatic heterocycles. The van der Waals surface area contributed by atoms with E-state index in [0.717, 1.165) is 0 Å². The number of esters is 1. The fourth-order valence-corrected chi connectivity index (χ4v) is 10.4. The number of fused-ring (bicyclic) bond motifs is 3. The van der Waals surface area contributed by atoms with Crippen LogP contribution in [-0.2, 0) is 99.9 Å². The smallest absolute Gasteiger partial charge is 0.408 e. The molecule has 0 bridgehead atoms. The number of alkyl carbamates (subject to hydrolysis) is 1. The molecule has 0 saturated carbocycles. The minimum absolute atomic E-state index is 0.419. The van der Waals surface area contributed by atoms with Crippen LogP contribution >= 0.6 is 0 Å². The molecule has 29 heteroatoms. The first-order valence-electron chi connectivity index (χ1n) is 26.7. The van der Waals surface area contributed by atoms with E-state index in [1.165, 1.54) is 56.1 Å². The molecule has 454 valence electrons. The highest BCUT2D eigenvalue weighted by Crippen LogP contribution is 2.42. The highest BCUT2D eigenvalue weighted by Gasteiger charge is 2.60. The number of rotatable bonds is 23. The first-order valence-corrected chi connectivity index (χ1v) is 26.7.